The summed E-state index contributed by atoms with van der Waals surface area (Å²) in [7, 11) is 0. The molecule has 0 bridgehead atoms. The van der Waals surface area contributed by atoms with Crippen LogP contribution in [0.3, 0.4) is 0 Å². The Balaban J connectivity index is 2.18. The summed E-state index contributed by atoms with van der Waals surface area (Å²) in [6.45, 7) is 0.218. The highest BCUT2D eigenvalue weighted by atomic mass is 19.1. The Bertz CT molecular complexity index is 450. The molecule has 0 radical (unpaired) electrons. The lowest BCUT2D eigenvalue weighted by atomic mass is 10.1. The van der Waals surface area contributed by atoms with Gasteiger partial charge in [0.05, 0.1) is 24.9 Å². The molecule has 3 N–H and O–H groups in total. The van der Waals surface area contributed by atoms with Crippen LogP contribution in [0, 0.1) is 5.82 Å². The number of carbonyl (C=O) groups is 1. The third kappa shape index (κ3) is 6.55. The topological polar surface area (TPSA) is 87.0 Å². The highest BCUT2D eigenvalue weighted by molar-refractivity contribution is 5.88. The van der Waals surface area contributed by atoms with Gasteiger partial charge in [-0.25, -0.2) is 9.18 Å². The molecular weight excluding hydrogens is 279 g/mol. The molecule has 6 heteroatoms. The van der Waals surface area contributed by atoms with Crippen molar-refractivity contribution >= 4 is 5.97 Å². The maximum Gasteiger partial charge on any atom is 0.338 e. The molecule has 0 saturated heterocycles. The number of benzene rings is 1. The van der Waals surface area contributed by atoms with Gasteiger partial charge in [0.1, 0.15) is 11.6 Å². The standard InChI is InChI=1S/C15H21FO5/c16-14-9-12(6-7-13(14)15(19)20)21-8-4-2-1-3-5-11(18)10-17/h6-7,9,11,17-18H,1-5,8,10H2,(H,19,20). The zero-order valence-corrected chi connectivity index (χ0v) is 11.8. The molecule has 0 saturated carbocycles. The van der Waals surface area contributed by atoms with Gasteiger partial charge in [0, 0.05) is 6.07 Å². The third-order valence-electron chi connectivity index (χ3n) is 3.08. The summed E-state index contributed by atoms with van der Waals surface area (Å²) in [5.74, 6) is -1.80. The average molecular weight is 300 g/mol. The smallest absolute Gasteiger partial charge is 0.338 e. The molecule has 0 heterocycles. The Morgan fingerprint density at radius 1 is 1.24 bits per heavy atom. The number of hydrogen-bond donors (Lipinski definition) is 3. The summed E-state index contributed by atoms with van der Waals surface area (Å²) >= 11 is 0. The van der Waals surface area contributed by atoms with Gasteiger partial charge in [-0.1, -0.05) is 19.3 Å². The fourth-order valence-electron chi connectivity index (χ4n) is 1.88. The summed E-state index contributed by atoms with van der Waals surface area (Å²) in [6, 6.07) is 3.69. The van der Waals surface area contributed by atoms with Crippen molar-refractivity contribution in [1.29, 1.82) is 0 Å². The van der Waals surface area contributed by atoms with Crippen molar-refractivity contribution in [2.45, 2.75) is 38.2 Å². The number of halogens is 1. The van der Waals surface area contributed by atoms with Gasteiger partial charge < -0.3 is 20.1 Å². The molecule has 0 amide bonds. The number of carboxylic acid groups (broad SMARTS) is 1. The Labute approximate surface area is 123 Å². The van der Waals surface area contributed by atoms with Crippen LogP contribution in [0.5, 0.6) is 5.75 Å². The molecule has 0 aliphatic carbocycles. The Kier molecular flexibility index (Phi) is 7.71. The minimum absolute atomic E-state index is 0.207. The van der Waals surface area contributed by atoms with Crippen LogP contribution >= 0.6 is 0 Å². The number of aliphatic hydroxyl groups is 2. The largest absolute Gasteiger partial charge is 0.493 e. The number of ether oxygens (including phenoxy) is 1. The van der Waals surface area contributed by atoms with E-state index < -0.39 is 17.9 Å². The van der Waals surface area contributed by atoms with Gasteiger partial charge in [0.15, 0.2) is 0 Å². The second kappa shape index (κ2) is 9.31. The van der Waals surface area contributed by atoms with Gasteiger partial charge in [-0.15, -0.1) is 0 Å². The minimum Gasteiger partial charge on any atom is -0.493 e. The summed E-state index contributed by atoms with van der Waals surface area (Å²) in [6.07, 6.45) is 3.40. The molecule has 1 atom stereocenters. The van der Waals surface area contributed by atoms with E-state index >= 15 is 0 Å². The van der Waals surface area contributed by atoms with Crippen LogP contribution < -0.4 is 4.74 Å². The predicted octanol–water partition coefficient (Wildman–Crippen LogP) is 2.21. The van der Waals surface area contributed by atoms with E-state index in [1.54, 1.807) is 0 Å². The molecular formula is C15H21FO5. The van der Waals surface area contributed by atoms with Gasteiger partial charge in [-0.05, 0) is 25.0 Å². The predicted molar refractivity (Wildman–Crippen MR) is 75.0 cm³/mol. The van der Waals surface area contributed by atoms with E-state index in [-0.39, 0.29) is 12.2 Å². The first-order chi connectivity index (χ1) is 10.0. The van der Waals surface area contributed by atoms with Gasteiger partial charge in [0.2, 0.25) is 0 Å². The molecule has 5 nitrogen and oxygen atoms in total. The fraction of sp³-hybridized carbons (Fsp3) is 0.533. The summed E-state index contributed by atoms with van der Waals surface area (Å²) < 4.78 is 18.7. The monoisotopic (exact) mass is 300 g/mol. The summed E-state index contributed by atoms with van der Waals surface area (Å²) in [5, 5.41) is 26.5. The highest BCUT2D eigenvalue weighted by Gasteiger charge is 2.10. The van der Waals surface area contributed by atoms with Crippen LogP contribution in [-0.2, 0) is 0 Å². The van der Waals surface area contributed by atoms with Crippen LogP contribution in [0.25, 0.3) is 0 Å². The van der Waals surface area contributed by atoms with Crippen molar-refractivity contribution in [3.63, 3.8) is 0 Å². The van der Waals surface area contributed by atoms with E-state index in [1.807, 2.05) is 0 Å². The van der Waals surface area contributed by atoms with Crippen molar-refractivity contribution in [3.05, 3.63) is 29.6 Å². The number of hydrogen-bond acceptors (Lipinski definition) is 4. The molecule has 118 valence electrons. The molecule has 0 aliphatic heterocycles. The Morgan fingerprint density at radius 3 is 2.57 bits per heavy atom. The van der Waals surface area contributed by atoms with Crippen LogP contribution in [0.4, 0.5) is 4.39 Å². The lowest BCUT2D eigenvalue weighted by Gasteiger charge is -2.08. The number of rotatable bonds is 10. The Morgan fingerprint density at radius 2 is 1.95 bits per heavy atom. The molecule has 1 aromatic rings. The SMILES string of the molecule is O=C(O)c1ccc(OCCCCCCC(O)CO)cc1F. The molecule has 0 aromatic heterocycles. The average Bonchev–Trinajstić information content (AvgIpc) is 2.45. The maximum absolute atomic E-state index is 13.4. The lowest BCUT2D eigenvalue weighted by molar-refractivity contribution is 0.0692. The van der Waals surface area contributed by atoms with Crippen LogP contribution in [0.15, 0.2) is 18.2 Å². The second-order valence-corrected chi connectivity index (χ2v) is 4.83. The number of aromatic carboxylic acids is 1. The van der Waals surface area contributed by atoms with E-state index in [1.165, 1.54) is 12.1 Å². The molecule has 1 rings (SSSR count). The molecule has 0 spiro atoms. The van der Waals surface area contributed by atoms with E-state index in [4.69, 9.17) is 20.1 Å². The van der Waals surface area contributed by atoms with Crippen LogP contribution in [0.2, 0.25) is 0 Å². The van der Waals surface area contributed by atoms with Crippen LogP contribution in [0.1, 0.15) is 42.5 Å². The minimum atomic E-state index is -1.30. The third-order valence-corrected chi connectivity index (χ3v) is 3.08. The number of aliphatic hydroxyl groups excluding tert-OH is 2. The summed E-state index contributed by atoms with van der Waals surface area (Å²) in [5.41, 5.74) is -0.371. The van der Waals surface area contributed by atoms with Crippen LogP contribution in [-0.4, -0.2) is 40.6 Å². The van der Waals surface area contributed by atoms with E-state index in [0.717, 1.165) is 31.7 Å². The van der Waals surface area contributed by atoms with Crippen molar-refractivity contribution in [3.8, 4) is 5.75 Å². The second-order valence-electron chi connectivity index (χ2n) is 4.83. The molecule has 0 aliphatic rings. The van der Waals surface area contributed by atoms with Crippen molar-refractivity contribution in [1.82, 2.24) is 0 Å². The normalized spacial score (nSPS) is 12.1. The van der Waals surface area contributed by atoms with Crippen molar-refractivity contribution in [2.24, 2.45) is 0 Å². The van der Waals surface area contributed by atoms with E-state index in [9.17, 15) is 9.18 Å². The quantitative estimate of drug-likeness (QED) is 0.577. The van der Waals surface area contributed by atoms with E-state index in [2.05, 4.69) is 0 Å². The van der Waals surface area contributed by atoms with Gasteiger partial charge in [-0.2, -0.15) is 0 Å². The number of carboxylic acids is 1. The van der Waals surface area contributed by atoms with Gasteiger partial charge in [0.25, 0.3) is 0 Å². The molecule has 1 aromatic carbocycles. The fourth-order valence-corrected chi connectivity index (χ4v) is 1.88. The zero-order valence-electron chi connectivity index (χ0n) is 11.8. The molecule has 1 unspecified atom stereocenters. The van der Waals surface area contributed by atoms with Gasteiger partial charge >= 0.3 is 5.97 Å². The maximum atomic E-state index is 13.4. The van der Waals surface area contributed by atoms with E-state index in [0.29, 0.717) is 18.8 Å². The first-order valence-electron chi connectivity index (χ1n) is 6.99. The molecule has 0 fully saturated rings. The van der Waals surface area contributed by atoms with Gasteiger partial charge in [-0.3, -0.25) is 0 Å². The summed E-state index contributed by atoms with van der Waals surface area (Å²) in [4.78, 5) is 10.6. The first kappa shape index (κ1) is 17.4. The zero-order chi connectivity index (χ0) is 15.7. The van der Waals surface area contributed by atoms with Crippen molar-refractivity contribution < 1.29 is 29.2 Å². The lowest BCUT2D eigenvalue weighted by Crippen LogP contribution is -2.11. The number of unbranched alkanes of at least 4 members (excludes halogenated alkanes) is 3. The highest BCUT2D eigenvalue weighted by Crippen LogP contribution is 2.17. The Hall–Kier alpha value is -1.66. The first-order valence-corrected chi connectivity index (χ1v) is 6.99. The molecule has 21 heavy (non-hydrogen) atoms. The van der Waals surface area contributed by atoms with Crippen molar-refractivity contribution in [2.75, 3.05) is 13.2 Å².